The number of thiocarbonyl (C=S) groups is 1. The minimum absolute atomic E-state index is 0.607. The van der Waals surface area contributed by atoms with E-state index >= 15 is 0 Å². The summed E-state index contributed by atoms with van der Waals surface area (Å²) in [7, 11) is 1.78. The molecule has 0 fully saturated rings. The van der Waals surface area contributed by atoms with Crippen LogP contribution < -0.4 is 5.32 Å². The maximum absolute atomic E-state index is 5.01. The third-order valence-corrected chi connectivity index (χ3v) is 1.98. The van der Waals surface area contributed by atoms with Gasteiger partial charge in [-0.15, -0.1) is 0 Å². The largest absolute Gasteiger partial charge is 0.378 e. The molecule has 0 radical (unpaired) electrons. The van der Waals surface area contributed by atoms with Gasteiger partial charge in [0.25, 0.3) is 0 Å². The van der Waals surface area contributed by atoms with E-state index in [0.29, 0.717) is 9.76 Å². The van der Waals surface area contributed by atoms with Crippen LogP contribution in [0.25, 0.3) is 0 Å². The van der Waals surface area contributed by atoms with E-state index in [-0.39, 0.29) is 0 Å². The van der Waals surface area contributed by atoms with Gasteiger partial charge in [0.15, 0.2) is 4.77 Å². The van der Waals surface area contributed by atoms with Crippen molar-refractivity contribution in [3.05, 3.63) is 16.2 Å². The predicted octanol–water partition coefficient (Wildman–Crippen LogP) is 1.28. The first-order valence-corrected chi connectivity index (χ1v) is 3.97. The summed E-state index contributed by atoms with van der Waals surface area (Å²) in [6.07, 6.45) is 0. The van der Waals surface area contributed by atoms with Gasteiger partial charge in [-0.25, -0.2) is 0 Å². The molecule has 0 aliphatic carbocycles. The fraction of sp³-hybridized carbons (Fsp3) is 0.333. The van der Waals surface area contributed by atoms with Gasteiger partial charge < -0.3 is 15.3 Å². The van der Waals surface area contributed by atoms with Gasteiger partial charge in [0, 0.05) is 12.7 Å². The molecule has 0 aromatic carbocycles. The zero-order valence-electron chi connectivity index (χ0n) is 6.32. The molecule has 0 atom stereocenters. The molecule has 0 bridgehead atoms. The Bertz CT molecular complexity index is 323. The molecule has 3 nitrogen and oxygen atoms in total. The Balaban J connectivity index is 3.13. The predicted molar refractivity (Wildman–Crippen MR) is 51.5 cm³/mol. The van der Waals surface area contributed by atoms with Gasteiger partial charge in [-0.3, -0.25) is 0 Å². The van der Waals surface area contributed by atoms with Crippen LogP contribution in [-0.2, 0) is 0 Å². The third kappa shape index (κ3) is 1.66. The monoisotopic (exact) mass is 187 g/mol. The minimum Gasteiger partial charge on any atom is -0.378 e. The number of aromatic nitrogens is 2. The quantitative estimate of drug-likeness (QED) is 0.580. The first kappa shape index (κ1) is 8.42. The van der Waals surface area contributed by atoms with Crippen molar-refractivity contribution in [3.8, 4) is 0 Å². The Labute approximate surface area is 75.2 Å². The summed E-state index contributed by atoms with van der Waals surface area (Å²) in [5, 5.41) is 2.87. The van der Waals surface area contributed by atoms with Crippen LogP contribution in [0.15, 0.2) is 0 Å². The molecule has 0 spiro atoms. The van der Waals surface area contributed by atoms with Crippen molar-refractivity contribution in [2.75, 3.05) is 7.05 Å². The number of H-pyrrole nitrogens is 2. The van der Waals surface area contributed by atoms with Crippen LogP contribution in [0.1, 0.15) is 11.4 Å². The fourth-order valence-electron chi connectivity index (χ4n) is 0.823. The minimum atomic E-state index is 0.607. The van der Waals surface area contributed by atoms with E-state index in [1.807, 2.05) is 6.92 Å². The number of hydrogen-bond donors (Lipinski definition) is 3. The number of imidazole rings is 1. The Morgan fingerprint density at radius 1 is 1.45 bits per heavy atom. The molecule has 1 heterocycles. The molecule has 0 amide bonds. The Kier molecular flexibility index (Phi) is 2.41. The lowest BCUT2D eigenvalue weighted by atomic mass is 10.3. The van der Waals surface area contributed by atoms with Gasteiger partial charge in [0.2, 0.25) is 0 Å². The van der Waals surface area contributed by atoms with Crippen molar-refractivity contribution in [1.29, 1.82) is 0 Å². The van der Waals surface area contributed by atoms with Crippen LogP contribution in [0.2, 0.25) is 0 Å². The highest BCUT2D eigenvalue weighted by molar-refractivity contribution is 7.80. The Morgan fingerprint density at radius 2 is 2.09 bits per heavy atom. The maximum Gasteiger partial charge on any atom is 0.175 e. The van der Waals surface area contributed by atoms with E-state index in [2.05, 4.69) is 15.3 Å². The average molecular weight is 187 g/mol. The molecule has 0 saturated heterocycles. The molecular weight excluding hydrogens is 178 g/mol. The van der Waals surface area contributed by atoms with Gasteiger partial charge in [-0.05, 0) is 19.1 Å². The second-order valence-corrected chi connectivity index (χ2v) is 2.97. The number of nitrogens with one attached hydrogen (secondary N) is 3. The summed E-state index contributed by atoms with van der Waals surface area (Å²) in [5.74, 6) is 0. The van der Waals surface area contributed by atoms with Crippen LogP contribution >= 0.6 is 24.4 Å². The van der Waals surface area contributed by atoms with Crippen molar-refractivity contribution in [2.24, 2.45) is 0 Å². The van der Waals surface area contributed by atoms with Crippen molar-refractivity contribution in [2.45, 2.75) is 6.92 Å². The fourth-order valence-corrected chi connectivity index (χ4v) is 1.28. The first-order chi connectivity index (χ1) is 5.15. The van der Waals surface area contributed by atoms with Crippen LogP contribution in [0, 0.1) is 11.7 Å². The van der Waals surface area contributed by atoms with Crippen molar-refractivity contribution in [3.63, 3.8) is 0 Å². The highest BCUT2D eigenvalue weighted by Gasteiger charge is 2.03. The van der Waals surface area contributed by atoms with Crippen LogP contribution in [-0.4, -0.2) is 22.0 Å². The lowest BCUT2D eigenvalue weighted by Gasteiger charge is -1.98. The summed E-state index contributed by atoms with van der Waals surface area (Å²) in [4.78, 5) is 6.58. The molecule has 3 N–H and O–H groups in total. The second kappa shape index (κ2) is 3.15. The van der Waals surface area contributed by atoms with Crippen molar-refractivity contribution >= 4 is 29.4 Å². The highest BCUT2D eigenvalue weighted by Crippen LogP contribution is 2.01. The van der Waals surface area contributed by atoms with E-state index < -0.39 is 0 Å². The maximum atomic E-state index is 5.01. The summed E-state index contributed by atoms with van der Waals surface area (Å²) >= 11 is 9.90. The molecule has 1 rings (SSSR count). The van der Waals surface area contributed by atoms with Crippen LogP contribution in [0.5, 0.6) is 0 Å². The zero-order chi connectivity index (χ0) is 8.43. The molecule has 1 aromatic rings. The van der Waals surface area contributed by atoms with E-state index in [9.17, 15) is 0 Å². The standard InChI is InChI=1S/C6H9N3S2/c1-3-4(5(10)7-2)9-6(11)8-3/h1-2H3,(H,7,10)(H2,8,9,11). The molecule has 0 aliphatic rings. The van der Waals surface area contributed by atoms with E-state index in [4.69, 9.17) is 24.4 Å². The normalized spacial score (nSPS) is 9.64. The molecule has 0 aliphatic heterocycles. The number of aromatic amines is 2. The summed E-state index contributed by atoms with van der Waals surface area (Å²) in [6, 6.07) is 0. The van der Waals surface area contributed by atoms with Gasteiger partial charge in [-0.1, -0.05) is 12.2 Å². The lowest BCUT2D eigenvalue weighted by Crippen LogP contribution is -2.17. The van der Waals surface area contributed by atoms with Crippen molar-refractivity contribution < 1.29 is 0 Å². The molecule has 1 aromatic heterocycles. The molecule has 11 heavy (non-hydrogen) atoms. The first-order valence-electron chi connectivity index (χ1n) is 3.16. The van der Waals surface area contributed by atoms with Gasteiger partial charge in [0.05, 0.1) is 5.69 Å². The van der Waals surface area contributed by atoms with E-state index in [1.165, 1.54) is 0 Å². The highest BCUT2D eigenvalue weighted by atomic mass is 32.1. The van der Waals surface area contributed by atoms with E-state index in [0.717, 1.165) is 11.4 Å². The molecule has 60 valence electrons. The smallest absolute Gasteiger partial charge is 0.175 e. The van der Waals surface area contributed by atoms with Crippen LogP contribution in [0.3, 0.4) is 0 Å². The molecule has 5 heteroatoms. The second-order valence-electron chi connectivity index (χ2n) is 2.16. The number of rotatable bonds is 1. The zero-order valence-corrected chi connectivity index (χ0v) is 7.95. The average Bonchev–Trinajstić information content (AvgIpc) is 2.28. The lowest BCUT2D eigenvalue weighted by molar-refractivity contribution is 1.17. The van der Waals surface area contributed by atoms with Crippen molar-refractivity contribution in [1.82, 2.24) is 15.3 Å². The topological polar surface area (TPSA) is 43.6 Å². The van der Waals surface area contributed by atoms with E-state index in [1.54, 1.807) is 7.05 Å². The Hall–Kier alpha value is -0.680. The summed E-state index contributed by atoms with van der Waals surface area (Å²) in [5.41, 5.74) is 1.84. The molecule has 0 unspecified atom stereocenters. The summed E-state index contributed by atoms with van der Waals surface area (Å²) in [6.45, 7) is 1.92. The van der Waals surface area contributed by atoms with Crippen LogP contribution in [0.4, 0.5) is 0 Å². The van der Waals surface area contributed by atoms with Gasteiger partial charge in [-0.2, -0.15) is 0 Å². The summed E-state index contributed by atoms with van der Waals surface area (Å²) < 4.78 is 0.607. The van der Waals surface area contributed by atoms with Gasteiger partial charge in [0.1, 0.15) is 4.99 Å². The molecule has 0 saturated carbocycles. The van der Waals surface area contributed by atoms with Gasteiger partial charge >= 0.3 is 0 Å². The Morgan fingerprint density at radius 3 is 2.45 bits per heavy atom. The number of aryl methyl sites for hydroxylation is 1. The number of hydrogen-bond acceptors (Lipinski definition) is 2. The molecular formula is C6H9N3S2. The third-order valence-electron chi connectivity index (χ3n) is 1.37. The SMILES string of the molecule is CNC(=S)c1[nH]c(=S)[nH]c1C.